The Hall–Kier alpha value is -4.27. The summed E-state index contributed by atoms with van der Waals surface area (Å²) in [5.41, 5.74) is 4.02. The number of hydrogen-bond acceptors (Lipinski definition) is 7. The highest BCUT2D eigenvalue weighted by atomic mass is 16.5. The van der Waals surface area contributed by atoms with E-state index in [1.807, 2.05) is 47.2 Å². The van der Waals surface area contributed by atoms with Gasteiger partial charge in [-0.3, -0.25) is 4.79 Å². The molecule has 6 rings (SSSR count). The molecule has 0 aliphatic carbocycles. The van der Waals surface area contributed by atoms with E-state index in [1.54, 1.807) is 7.11 Å². The van der Waals surface area contributed by atoms with E-state index in [9.17, 15) is 4.79 Å². The van der Waals surface area contributed by atoms with Crippen molar-refractivity contribution < 1.29 is 14.3 Å². The van der Waals surface area contributed by atoms with Crippen LogP contribution >= 0.6 is 0 Å². The van der Waals surface area contributed by atoms with Crippen LogP contribution in [0.25, 0.3) is 16.8 Å². The van der Waals surface area contributed by atoms with Crippen LogP contribution in [0.1, 0.15) is 32.6 Å². The van der Waals surface area contributed by atoms with Crippen LogP contribution in [0.3, 0.4) is 0 Å². The Balaban J connectivity index is 1.06. The molecule has 0 radical (unpaired) electrons. The third-order valence-corrected chi connectivity index (χ3v) is 8.45. The molecule has 1 amide bonds. The Bertz CT molecular complexity index is 1490. The Morgan fingerprint density at radius 1 is 0.952 bits per heavy atom. The van der Waals surface area contributed by atoms with Crippen LogP contribution in [-0.2, 0) is 4.79 Å². The number of amides is 1. The van der Waals surface area contributed by atoms with Gasteiger partial charge in [-0.1, -0.05) is 25.5 Å². The number of carbonyl (C=O) groups is 1. The topological polar surface area (TPSA) is 75.4 Å². The average Bonchev–Trinajstić information content (AvgIpc) is 3.50. The number of piperidine rings is 1. The van der Waals surface area contributed by atoms with Gasteiger partial charge in [0.25, 0.3) is 0 Å². The van der Waals surface area contributed by atoms with Gasteiger partial charge >= 0.3 is 0 Å². The van der Waals surface area contributed by atoms with E-state index < -0.39 is 0 Å². The van der Waals surface area contributed by atoms with Crippen molar-refractivity contribution in [3.8, 4) is 22.8 Å². The molecule has 2 aliphatic heterocycles. The van der Waals surface area contributed by atoms with Gasteiger partial charge in [0.1, 0.15) is 17.0 Å². The van der Waals surface area contributed by atoms with Crippen LogP contribution in [0.15, 0.2) is 67.0 Å². The van der Waals surface area contributed by atoms with E-state index in [0.29, 0.717) is 0 Å². The summed E-state index contributed by atoms with van der Waals surface area (Å²) in [5, 5.41) is 4.82. The fourth-order valence-corrected chi connectivity index (χ4v) is 6.00. The lowest BCUT2D eigenvalue weighted by Gasteiger charge is -2.39. The molecule has 0 saturated carbocycles. The number of unbranched alkanes of at least 4 members (excludes halogenated alkanes) is 1. The molecule has 42 heavy (non-hydrogen) atoms. The summed E-state index contributed by atoms with van der Waals surface area (Å²) in [5.74, 6) is 3.02. The zero-order valence-corrected chi connectivity index (χ0v) is 24.6. The Kier molecular flexibility index (Phi) is 8.44. The maximum Gasteiger partial charge on any atom is 0.225 e. The molecular weight excluding hydrogens is 528 g/mol. The van der Waals surface area contributed by atoms with Crippen LogP contribution in [0.4, 0.5) is 11.5 Å². The second kappa shape index (κ2) is 12.7. The SMILES string of the molecule is CCCCOc1ccc(-c2cc3c(N4CCC(C(=O)N5CCN(c6ccccc6OC)CC5)CC4)nccn3n2)cc1. The highest BCUT2D eigenvalue weighted by Crippen LogP contribution is 2.31. The van der Waals surface area contributed by atoms with Crippen molar-refractivity contribution in [3.63, 3.8) is 0 Å². The van der Waals surface area contributed by atoms with Crippen molar-refractivity contribution in [1.82, 2.24) is 19.5 Å². The fourth-order valence-electron chi connectivity index (χ4n) is 6.00. The minimum Gasteiger partial charge on any atom is -0.495 e. The highest BCUT2D eigenvalue weighted by molar-refractivity contribution is 5.80. The number of carbonyl (C=O) groups excluding carboxylic acids is 1. The second-order valence-corrected chi connectivity index (χ2v) is 11.1. The maximum atomic E-state index is 13.5. The lowest BCUT2D eigenvalue weighted by Crippen LogP contribution is -2.51. The van der Waals surface area contributed by atoms with Gasteiger partial charge in [0.15, 0.2) is 5.82 Å². The minimum absolute atomic E-state index is 0.0531. The molecular formula is C33H40N6O3. The van der Waals surface area contributed by atoms with Gasteiger partial charge in [-0.05, 0) is 61.7 Å². The normalized spacial score (nSPS) is 16.2. The monoisotopic (exact) mass is 568 g/mol. The number of piperazine rings is 1. The van der Waals surface area contributed by atoms with Crippen LogP contribution in [0.2, 0.25) is 0 Å². The quantitative estimate of drug-likeness (QED) is 0.259. The smallest absolute Gasteiger partial charge is 0.225 e. The number of nitrogens with zero attached hydrogens (tertiary/aromatic N) is 6. The predicted molar refractivity (Wildman–Crippen MR) is 166 cm³/mol. The van der Waals surface area contributed by atoms with Crippen molar-refractivity contribution >= 4 is 22.9 Å². The van der Waals surface area contributed by atoms with E-state index in [1.165, 1.54) is 0 Å². The van der Waals surface area contributed by atoms with Crippen LogP contribution in [0.5, 0.6) is 11.5 Å². The highest BCUT2D eigenvalue weighted by Gasteiger charge is 2.32. The summed E-state index contributed by atoms with van der Waals surface area (Å²) >= 11 is 0. The van der Waals surface area contributed by atoms with E-state index in [0.717, 1.165) is 111 Å². The number of para-hydroxylation sites is 2. The van der Waals surface area contributed by atoms with Crippen molar-refractivity contribution in [2.45, 2.75) is 32.6 Å². The summed E-state index contributed by atoms with van der Waals surface area (Å²) in [4.78, 5) is 24.9. The number of anilines is 2. The zero-order chi connectivity index (χ0) is 28.9. The van der Waals surface area contributed by atoms with Crippen molar-refractivity contribution in [2.75, 3.05) is 62.8 Å². The largest absolute Gasteiger partial charge is 0.495 e. The lowest BCUT2D eigenvalue weighted by atomic mass is 9.95. The molecule has 2 fully saturated rings. The first-order valence-corrected chi connectivity index (χ1v) is 15.1. The molecule has 0 unspecified atom stereocenters. The molecule has 0 N–H and O–H groups in total. The molecule has 9 nitrogen and oxygen atoms in total. The lowest BCUT2D eigenvalue weighted by molar-refractivity contribution is -0.136. The number of ether oxygens (including phenoxy) is 2. The van der Waals surface area contributed by atoms with E-state index in [4.69, 9.17) is 19.6 Å². The van der Waals surface area contributed by atoms with E-state index in [-0.39, 0.29) is 11.8 Å². The van der Waals surface area contributed by atoms with Crippen LogP contribution in [-0.4, -0.2) is 78.4 Å². The number of benzene rings is 2. The van der Waals surface area contributed by atoms with E-state index in [2.05, 4.69) is 45.9 Å². The first-order chi connectivity index (χ1) is 20.6. The van der Waals surface area contributed by atoms with Gasteiger partial charge in [0.05, 0.1) is 25.1 Å². The van der Waals surface area contributed by atoms with Gasteiger partial charge < -0.3 is 24.2 Å². The number of hydrogen-bond donors (Lipinski definition) is 0. The maximum absolute atomic E-state index is 13.5. The molecule has 0 atom stereocenters. The summed E-state index contributed by atoms with van der Waals surface area (Å²) in [6.45, 7) is 7.61. The molecule has 9 heteroatoms. The van der Waals surface area contributed by atoms with Gasteiger partial charge in [-0.25, -0.2) is 9.50 Å². The molecule has 0 bridgehead atoms. The van der Waals surface area contributed by atoms with E-state index >= 15 is 0 Å². The molecule has 4 heterocycles. The van der Waals surface area contributed by atoms with Gasteiger partial charge in [-0.15, -0.1) is 0 Å². The first-order valence-electron chi connectivity index (χ1n) is 15.1. The van der Waals surface area contributed by atoms with Gasteiger partial charge in [0.2, 0.25) is 5.91 Å². The summed E-state index contributed by atoms with van der Waals surface area (Å²) in [7, 11) is 1.70. The molecule has 2 aromatic carbocycles. The number of fused-ring (bicyclic) bond motifs is 1. The standard InChI is InChI=1S/C33H40N6O3/c1-3-4-23-42-27-11-9-25(10-12-27)28-24-30-32(34-15-18-39(30)35-28)37-16-13-26(14-17-37)33(40)38-21-19-36(20-22-38)29-7-5-6-8-31(29)41-2/h5-12,15,18,24,26H,3-4,13-14,16-17,19-23H2,1-2H3. The molecule has 4 aromatic rings. The van der Waals surface area contributed by atoms with Crippen LogP contribution in [0, 0.1) is 5.92 Å². The fraction of sp³-hybridized carbons (Fsp3) is 0.424. The Labute approximate surface area is 247 Å². The number of methoxy groups -OCH3 is 1. The average molecular weight is 569 g/mol. The summed E-state index contributed by atoms with van der Waals surface area (Å²) in [6, 6.07) is 18.3. The van der Waals surface area contributed by atoms with Gasteiger partial charge in [-0.2, -0.15) is 5.10 Å². The van der Waals surface area contributed by atoms with Crippen molar-refractivity contribution in [1.29, 1.82) is 0 Å². The summed E-state index contributed by atoms with van der Waals surface area (Å²) < 4.78 is 13.3. The molecule has 0 spiro atoms. The molecule has 220 valence electrons. The number of rotatable bonds is 9. The molecule has 2 aromatic heterocycles. The number of aromatic nitrogens is 3. The van der Waals surface area contributed by atoms with Crippen LogP contribution < -0.4 is 19.3 Å². The van der Waals surface area contributed by atoms with Crippen molar-refractivity contribution in [2.24, 2.45) is 5.92 Å². The Morgan fingerprint density at radius 3 is 2.45 bits per heavy atom. The third-order valence-electron chi connectivity index (χ3n) is 8.45. The molecule has 2 aliphatic rings. The first kappa shape index (κ1) is 27.9. The van der Waals surface area contributed by atoms with Crippen molar-refractivity contribution in [3.05, 3.63) is 67.0 Å². The zero-order valence-electron chi connectivity index (χ0n) is 24.6. The molecule has 2 saturated heterocycles. The van der Waals surface area contributed by atoms with Gasteiger partial charge in [0, 0.05) is 63.1 Å². The Morgan fingerprint density at radius 2 is 1.71 bits per heavy atom. The minimum atomic E-state index is 0.0531. The second-order valence-electron chi connectivity index (χ2n) is 11.1. The third kappa shape index (κ3) is 5.86. The predicted octanol–water partition coefficient (Wildman–Crippen LogP) is 5.15. The summed E-state index contributed by atoms with van der Waals surface area (Å²) in [6.07, 6.45) is 7.53.